The molecule has 108 heavy (non-hydrogen) atoms. The molecule has 0 aromatic heterocycles. The van der Waals surface area contributed by atoms with Crippen molar-refractivity contribution in [3.8, 4) is 0 Å². The molecule has 20 aliphatic rings. The number of carbonyl (C=O) groups excluding carboxylic acids is 4. The van der Waals surface area contributed by atoms with E-state index in [4.69, 9.17) is 86.5 Å². The van der Waals surface area contributed by atoms with Crippen LogP contribution in [0, 0.1) is 94.7 Å². The van der Waals surface area contributed by atoms with Crippen molar-refractivity contribution in [2.75, 3.05) is 20.2 Å². The Morgan fingerprint density at radius 3 is 1.30 bits per heavy atom. The maximum Gasteiger partial charge on any atom is 0.312 e. The minimum atomic E-state index is -0.896. The van der Waals surface area contributed by atoms with E-state index in [0.717, 1.165) is 180 Å². The minimum absolute atomic E-state index is 0.00377. The molecule has 20 fully saturated rings. The number of esters is 4. The molecule has 8 bridgehead atoms. The molecule has 23 nitrogen and oxygen atoms in total. The third-order valence-corrected chi connectivity index (χ3v) is 29.8. The second-order valence-electron chi connectivity index (χ2n) is 36.4. The zero-order valence-electron chi connectivity index (χ0n) is 67.5. The van der Waals surface area contributed by atoms with E-state index >= 15 is 0 Å². The lowest BCUT2D eigenvalue weighted by atomic mass is 9.57. The van der Waals surface area contributed by atoms with Gasteiger partial charge in [-0.15, -0.1) is 0 Å². The molecule has 21 rings (SSSR count). The maximum atomic E-state index is 12.9. The van der Waals surface area contributed by atoms with Crippen LogP contribution in [0.1, 0.15) is 281 Å². The summed E-state index contributed by atoms with van der Waals surface area (Å²) in [6, 6.07) is 8.77. The Kier molecular flexibility index (Phi) is 24.5. The summed E-state index contributed by atoms with van der Waals surface area (Å²) in [4.78, 5) is 100. The van der Waals surface area contributed by atoms with E-state index in [2.05, 4.69) is 98.4 Å². The van der Waals surface area contributed by atoms with Crippen LogP contribution in [0.15, 0.2) is 24.3 Å². The molecule has 0 radical (unpaired) electrons. The van der Waals surface area contributed by atoms with E-state index < -0.39 is 88.6 Å². The lowest BCUT2D eigenvalue weighted by molar-refractivity contribution is -0.577. The van der Waals surface area contributed by atoms with E-state index in [1.54, 1.807) is 0 Å². The second kappa shape index (κ2) is 32.6. The van der Waals surface area contributed by atoms with Gasteiger partial charge in [0.25, 0.3) is 0 Å². The number of unbranched alkanes of at least 4 members (excludes halogenated alkanes) is 5. The lowest BCUT2D eigenvalue weighted by Gasteiger charge is -2.60. The fourth-order valence-electron chi connectivity index (χ4n) is 23.5. The molecule has 0 amide bonds. The molecule has 1 aromatic carbocycles. The molecule has 29 atom stereocenters. The van der Waals surface area contributed by atoms with Gasteiger partial charge in [-0.2, -0.15) is 0 Å². The van der Waals surface area contributed by atoms with Crippen molar-refractivity contribution in [2.45, 2.75) is 360 Å². The quantitative estimate of drug-likeness (QED) is 0.0510. The number of rotatable bonds is 20. The maximum absolute atomic E-state index is 12.9. The Balaban J connectivity index is 0.000000122. The Morgan fingerprint density at radius 2 is 0.843 bits per heavy atom. The smallest absolute Gasteiger partial charge is 0.312 e. The zero-order chi connectivity index (χ0) is 76.3. The third-order valence-electron chi connectivity index (χ3n) is 29.8. The molecule has 4 saturated carbocycles. The van der Waals surface area contributed by atoms with Crippen LogP contribution in [0.3, 0.4) is 0 Å². The standard InChI is InChI=1S/C27H41NO5.C22H36O5.C19H30O5.C17H24O7/c1-6-28(7-2)16-20-9-11-21(12-10-20)17-29-24-19(4)23-13-8-18(3)22-14-15-26(5)31-25(30-24)27(22,23)33-32-26;1-4-6-8-9-16-18-11-10-15(3)17-12-14-21(13-7-5-2)25-20(24-19(16)23)22(17,18)27-26-21;1-4-5-6-7-13-15-9-8-12(2)14-10-11-18(3)22-17(21-16(13)20)19(14,15)24-23-18;1-9-4-5-12-10(8-13(18)20-3)14(19)21-15-17(12)11(9)6-7-16(2,22-15)23-24-17/h9-12,18-19,22-25H,6-8,13-17H2,1-5H3;15-18,20H,4-14H2,1-3H3;12-15,17H,4-11H2,1-3H3;9-12,15H,4-8H2,1-3H3/t18-,19-,22+,23?,24+,25?,26-,27-;15-,16-,17+,18?,20?,21?,22?;12-,13-,14+,15?,17?,18?,19?;9-,10-,11+,12+,15-,16-,17-/m1111/s1. The summed E-state index contributed by atoms with van der Waals surface area (Å²) in [5.74, 6) is -1.10. The third kappa shape index (κ3) is 14.6. The van der Waals surface area contributed by atoms with Crippen molar-refractivity contribution >= 4 is 23.9 Å². The van der Waals surface area contributed by atoms with Gasteiger partial charge in [0.2, 0.25) is 42.0 Å². The van der Waals surface area contributed by atoms with Crippen molar-refractivity contribution in [1.82, 2.24) is 4.90 Å². The van der Waals surface area contributed by atoms with E-state index in [0.29, 0.717) is 60.4 Å². The molecule has 16 saturated heterocycles. The predicted octanol–water partition coefficient (Wildman–Crippen LogP) is 16.3. The monoisotopic (exact) mass is 1520 g/mol. The van der Waals surface area contributed by atoms with E-state index in [1.807, 2.05) is 20.8 Å². The van der Waals surface area contributed by atoms with Crippen LogP contribution in [-0.4, -0.2) is 126 Å². The van der Waals surface area contributed by atoms with Gasteiger partial charge in [0, 0.05) is 86.0 Å². The van der Waals surface area contributed by atoms with E-state index in [-0.39, 0.29) is 66.1 Å². The summed E-state index contributed by atoms with van der Waals surface area (Å²) >= 11 is 0. The summed E-state index contributed by atoms with van der Waals surface area (Å²) < 4.78 is 60.1. The highest BCUT2D eigenvalue weighted by Gasteiger charge is 2.75. The first-order valence-electron chi connectivity index (χ1n) is 42.8. The van der Waals surface area contributed by atoms with Crippen molar-refractivity contribution in [3.05, 3.63) is 35.4 Å². The molecule has 16 aliphatic heterocycles. The Morgan fingerprint density at radius 1 is 0.444 bits per heavy atom. The first-order valence-corrected chi connectivity index (χ1v) is 42.8. The highest BCUT2D eigenvalue weighted by molar-refractivity contribution is 5.81. The first-order chi connectivity index (χ1) is 51.8. The predicted molar refractivity (Wildman–Crippen MR) is 391 cm³/mol. The zero-order valence-corrected chi connectivity index (χ0v) is 67.5. The average molecular weight is 1520 g/mol. The van der Waals surface area contributed by atoms with Crippen LogP contribution in [0.25, 0.3) is 0 Å². The molecule has 4 spiro atoms. The number of benzene rings is 1. The van der Waals surface area contributed by atoms with Crippen molar-refractivity contribution in [1.29, 1.82) is 0 Å². The summed E-state index contributed by atoms with van der Waals surface area (Å²) in [6.45, 7) is 31.7. The van der Waals surface area contributed by atoms with Crippen molar-refractivity contribution < 1.29 is 106 Å². The van der Waals surface area contributed by atoms with Crippen LogP contribution < -0.4 is 0 Å². The molecule has 608 valence electrons. The number of fused-ring (bicyclic) bond motifs is 8. The summed E-state index contributed by atoms with van der Waals surface area (Å²) in [7, 11) is 1.32. The number of methoxy groups -OCH3 is 1. The topological polar surface area (TPSA) is 238 Å². The fraction of sp³-hybridized carbons (Fsp3) is 0.882. The highest BCUT2D eigenvalue weighted by Crippen LogP contribution is 2.66. The van der Waals surface area contributed by atoms with E-state index in [9.17, 15) is 19.2 Å². The van der Waals surface area contributed by atoms with Gasteiger partial charge in [-0.3, -0.25) is 24.1 Å². The summed E-state index contributed by atoms with van der Waals surface area (Å²) in [6.07, 6.45) is 24.0. The molecule has 23 heteroatoms. The van der Waals surface area contributed by atoms with Gasteiger partial charge in [-0.1, -0.05) is 138 Å². The van der Waals surface area contributed by atoms with Crippen LogP contribution in [0.5, 0.6) is 0 Å². The molecule has 0 N–H and O–H groups in total. The molecular formula is C85H131NO22. The highest BCUT2D eigenvalue weighted by atomic mass is 17.3. The Labute approximate surface area is 641 Å². The summed E-state index contributed by atoms with van der Waals surface area (Å²) in [5.41, 5.74) is -0.0893. The van der Waals surface area contributed by atoms with Gasteiger partial charge in [0.05, 0.1) is 37.9 Å². The molecule has 1 aromatic rings. The molecule has 10 unspecified atom stereocenters. The summed E-state index contributed by atoms with van der Waals surface area (Å²) in [5, 5.41) is 0. The second-order valence-corrected chi connectivity index (χ2v) is 36.4. The number of hydrogen-bond acceptors (Lipinski definition) is 23. The van der Waals surface area contributed by atoms with Crippen LogP contribution in [-0.2, 0) is 119 Å². The van der Waals surface area contributed by atoms with Gasteiger partial charge >= 0.3 is 23.9 Å². The van der Waals surface area contributed by atoms with E-state index in [1.165, 1.54) is 24.7 Å². The molecular weight excluding hydrogens is 1390 g/mol. The Hall–Kier alpha value is -3.50. The van der Waals surface area contributed by atoms with Gasteiger partial charge in [0.1, 0.15) is 0 Å². The number of carbonyl (C=O) groups is 4. The normalized spacial score (nSPS) is 46.6. The molecule has 4 aliphatic carbocycles. The first kappa shape index (κ1) is 81.1. The van der Waals surface area contributed by atoms with Crippen molar-refractivity contribution in [2.24, 2.45) is 94.7 Å². The van der Waals surface area contributed by atoms with Crippen molar-refractivity contribution in [3.63, 3.8) is 0 Å². The number of nitrogens with zero attached hydrogens (tertiary/aromatic N) is 1. The minimum Gasteiger partial charge on any atom is -0.469 e. The average Bonchev–Trinajstić information content (AvgIpc) is 1.45. The number of hydrogen-bond donors (Lipinski definition) is 0. The number of ether oxygens (including phenoxy) is 10. The van der Waals surface area contributed by atoms with Crippen LogP contribution in [0.4, 0.5) is 0 Å². The largest absolute Gasteiger partial charge is 0.469 e. The Bertz CT molecular complexity index is 3270. The van der Waals surface area contributed by atoms with Crippen LogP contribution in [0.2, 0.25) is 0 Å². The molecule has 16 heterocycles. The SMILES string of the molecule is CCCCC[C@H]1C(=O)OC2OC3(C)CC[C@H]4[C@H](C)CCC1C24OO3.CCCCC[C@H]1C(=O)OC2OC3(CCCC)CC[C@H]4[C@H](C)CCC1C24OO3.CCN(CC)Cc1ccc(CO[C@H]2OC3O[C@@]4(C)CC[C@H]5[C@H](C)CCC([C@H]2C)[C@@]35OO4)cc1.COC(=O)C[C@H]1C(=O)O[C@@H]2O[C@@]3(C)CC[C@H]4[C@H](C)CC[C@@H]1[C@@]24OO3. The van der Waals surface area contributed by atoms with Gasteiger partial charge < -0.3 is 47.4 Å². The lowest BCUT2D eigenvalue weighted by Crippen LogP contribution is -2.70. The van der Waals surface area contributed by atoms with Gasteiger partial charge in [-0.25, -0.2) is 39.1 Å². The fourth-order valence-corrected chi connectivity index (χ4v) is 23.5. The van der Waals surface area contributed by atoms with Gasteiger partial charge in [0.15, 0.2) is 35.0 Å². The van der Waals surface area contributed by atoms with Gasteiger partial charge in [-0.05, 0) is 171 Å². The van der Waals surface area contributed by atoms with Crippen LogP contribution >= 0.6 is 0 Å².